The lowest BCUT2D eigenvalue weighted by Crippen LogP contribution is -2.33. The monoisotopic (exact) mass is 284 g/mol. The standard InChI is InChI=1S/C12H16N2O4S/c1-9(12(15)13-7-8-18-2)19-11-5-3-10(4-6-11)14(16)17/h3-6,9H,7-8H2,1-2H3,(H,13,15). The first-order chi connectivity index (χ1) is 9.04. The summed E-state index contributed by atoms with van der Waals surface area (Å²) in [6, 6.07) is 6.14. The van der Waals surface area contributed by atoms with Gasteiger partial charge in [-0.15, -0.1) is 11.8 Å². The SMILES string of the molecule is COCCNC(=O)C(C)Sc1ccc([N+](=O)[O-])cc1. The van der Waals surface area contributed by atoms with E-state index in [1.165, 1.54) is 23.9 Å². The molecule has 1 N–H and O–H groups in total. The van der Waals surface area contributed by atoms with Crippen molar-refractivity contribution in [2.75, 3.05) is 20.3 Å². The Labute approximate surface area is 115 Å². The summed E-state index contributed by atoms with van der Waals surface area (Å²) in [5.41, 5.74) is 0.0431. The molecule has 104 valence electrons. The quantitative estimate of drug-likeness (QED) is 0.357. The number of thioether (sulfide) groups is 1. The zero-order valence-electron chi connectivity index (χ0n) is 10.8. The van der Waals surface area contributed by atoms with Crippen LogP contribution in [0.3, 0.4) is 0 Å². The van der Waals surface area contributed by atoms with Crippen molar-refractivity contribution in [3.05, 3.63) is 34.4 Å². The van der Waals surface area contributed by atoms with Crippen LogP contribution < -0.4 is 5.32 Å². The van der Waals surface area contributed by atoms with E-state index in [2.05, 4.69) is 5.32 Å². The number of rotatable bonds is 7. The van der Waals surface area contributed by atoms with Gasteiger partial charge in [-0.25, -0.2) is 0 Å². The van der Waals surface area contributed by atoms with E-state index in [9.17, 15) is 14.9 Å². The average molecular weight is 284 g/mol. The molecule has 1 atom stereocenters. The molecule has 1 amide bonds. The molecule has 1 rings (SSSR count). The first kappa shape index (κ1) is 15.5. The number of benzene rings is 1. The molecule has 0 saturated heterocycles. The van der Waals surface area contributed by atoms with Gasteiger partial charge in [0, 0.05) is 30.7 Å². The predicted molar refractivity (Wildman–Crippen MR) is 73.3 cm³/mol. The molecule has 1 aromatic carbocycles. The Morgan fingerprint density at radius 1 is 1.47 bits per heavy atom. The summed E-state index contributed by atoms with van der Waals surface area (Å²) in [6.45, 7) is 2.73. The lowest BCUT2D eigenvalue weighted by atomic mass is 10.3. The molecule has 6 nitrogen and oxygen atoms in total. The van der Waals surface area contributed by atoms with E-state index in [0.29, 0.717) is 13.2 Å². The molecular weight excluding hydrogens is 268 g/mol. The smallest absolute Gasteiger partial charge is 0.269 e. The molecule has 0 radical (unpaired) electrons. The molecule has 0 heterocycles. The second kappa shape index (κ2) is 7.75. The van der Waals surface area contributed by atoms with E-state index in [0.717, 1.165) is 4.90 Å². The van der Waals surface area contributed by atoms with Crippen LogP contribution in [-0.4, -0.2) is 36.3 Å². The maximum absolute atomic E-state index is 11.7. The van der Waals surface area contributed by atoms with E-state index in [1.807, 2.05) is 0 Å². The largest absolute Gasteiger partial charge is 0.383 e. The molecule has 19 heavy (non-hydrogen) atoms. The summed E-state index contributed by atoms with van der Waals surface area (Å²) in [5.74, 6) is -0.0830. The van der Waals surface area contributed by atoms with Crippen molar-refractivity contribution in [3.63, 3.8) is 0 Å². The number of nitro groups is 1. The third kappa shape index (κ3) is 5.27. The molecule has 0 fully saturated rings. The van der Waals surface area contributed by atoms with E-state index in [4.69, 9.17) is 4.74 Å². The molecule has 0 spiro atoms. The highest BCUT2D eigenvalue weighted by molar-refractivity contribution is 8.00. The van der Waals surface area contributed by atoms with Gasteiger partial charge >= 0.3 is 0 Å². The van der Waals surface area contributed by atoms with Crippen LogP contribution in [0.5, 0.6) is 0 Å². The summed E-state index contributed by atoms with van der Waals surface area (Å²) in [4.78, 5) is 22.6. The Hall–Kier alpha value is -1.60. The number of hydrogen-bond acceptors (Lipinski definition) is 5. The number of ether oxygens (including phenoxy) is 1. The third-order valence-electron chi connectivity index (χ3n) is 2.34. The van der Waals surface area contributed by atoms with Crippen LogP contribution in [0.15, 0.2) is 29.2 Å². The van der Waals surface area contributed by atoms with Gasteiger partial charge in [0.25, 0.3) is 5.69 Å². The summed E-state index contributed by atoms with van der Waals surface area (Å²) < 4.78 is 4.84. The molecule has 0 aromatic heterocycles. The number of amides is 1. The molecule has 1 aromatic rings. The van der Waals surface area contributed by atoms with Crippen molar-refractivity contribution in [2.24, 2.45) is 0 Å². The van der Waals surface area contributed by atoms with Crippen molar-refractivity contribution in [3.8, 4) is 0 Å². The van der Waals surface area contributed by atoms with Crippen LogP contribution in [0.1, 0.15) is 6.92 Å². The first-order valence-corrected chi connectivity index (χ1v) is 6.60. The number of methoxy groups -OCH3 is 1. The molecule has 1 unspecified atom stereocenters. The number of nitrogens with one attached hydrogen (secondary N) is 1. The number of nitro benzene ring substituents is 1. The summed E-state index contributed by atoms with van der Waals surface area (Å²) in [5, 5.41) is 13.0. The number of nitrogens with zero attached hydrogens (tertiary/aromatic N) is 1. The summed E-state index contributed by atoms with van der Waals surface area (Å²) >= 11 is 1.35. The second-order valence-corrected chi connectivity index (χ2v) is 5.21. The Kier molecular flexibility index (Phi) is 6.31. The normalized spacial score (nSPS) is 11.9. The summed E-state index contributed by atoms with van der Waals surface area (Å²) in [7, 11) is 1.57. The minimum Gasteiger partial charge on any atom is -0.383 e. The number of hydrogen-bond donors (Lipinski definition) is 1. The average Bonchev–Trinajstić information content (AvgIpc) is 2.39. The van der Waals surface area contributed by atoms with Gasteiger partial charge in [-0.3, -0.25) is 14.9 Å². The lowest BCUT2D eigenvalue weighted by molar-refractivity contribution is -0.384. The predicted octanol–water partition coefficient (Wildman–Crippen LogP) is 1.84. The molecule has 0 bridgehead atoms. The van der Waals surface area contributed by atoms with Gasteiger partial charge in [0.2, 0.25) is 5.91 Å². The van der Waals surface area contributed by atoms with Crippen LogP contribution in [-0.2, 0) is 9.53 Å². The summed E-state index contributed by atoms with van der Waals surface area (Å²) in [6.07, 6.45) is 0. The molecule has 0 aliphatic rings. The molecule has 0 aliphatic heterocycles. The van der Waals surface area contributed by atoms with Crippen LogP contribution in [0, 0.1) is 10.1 Å². The Morgan fingerprint density at radius 3 is 2.63 bits per heavy atom. The number of non-ortho nitro benzene ring substituents is 1. The van der Waals surface area contributed by atoms with Gasteiger partial charge in [0.1, 0.15) is 0 Å². The molecule has 0 aliphatic carbocycles. The maximum atomic E-state index is 11.7. The molecule has 7 heteroatoms. The number of carbonyl (C=O) groups excluding carboxylic acids is 1. The highest BCUT2D eigenvalue weighted by Crippen LogP contribution is 2.25. The fourth-order valence-electron chi connectivity index (χ4n) is 1.32. The maximum Gasteiger partial charge on any atom is 0.269 e. The van der Waals surface area contributed by atoms with E-state index in [1.54, 1.807) is 26.2 Å². The second-order valence-electron chi connectivity index (χ2n) is 3.79. The van der Waals surface area contributed by atoms with Crippen LogP contribution in [0.4, 0.5) is 5.69 Å². The Morgan fingerprint density at radius 2 is 2.11 bits per heavy atom. The van der Waals surface area contributed by atoms with Crippen molar-refractivity contribution in [1.29, 1.82) is 0 Å². The molecular formula is C12H16N2O4S. The van der Waals surface area contributed by atoms with Gasteiger partial charge in [-0.2, -0.15) is 0 Å². The van der Waals surface area contributed by atoms with Crippen molar-refractivity contribution in [2.45, 2.75) is 17.1 Å². The van der Waals surface area contributed by atoms with Crippen molar-refractivity contribution < 1.29 is 14.5 Å². The third-order valence-corrected chi connectivity index (χ3v) is 3.45. The van der Waals surface area contributed by atoms with Gasteiger partial charge in [0.15, 0.2) is 0 Å². The van der Waals surface area contributed by atoms with Crippen LogP contribution in [0.25, 0.3) is 0 Å². The first-order valence-electron chi connectivity index (χ1n) is 5.72. The highest BCUT2D eigenvalue weighted by atomic mass is 32.2. The van der Waals surface area contributed by atoms with Gasteiger partial charge < -0.3 is 10.1 Å². The van der Waals surface area contributed by atoms with Crippen LogP contribution >= 0.6 is 11.8 Å². The zero-order chi connectivity index (χ0) is 14.3. The molecule has 0 saturated carbocycles. The fourth-order valence-corrected chi connectivity index (χ4v) is 2.22. The van der Waals surface area contributed by atoms with E-state index in [-0.39, 0.29) is 16.8 Å². The van der Waals surface area contributed by atoms with Crippen LogP contribution in [0.2, 0.25) is 0 Å². The zero-order valence-corrected chi connectivity index (χ0v) is 11.6. The van der Waals surface area contributed by atoms with Gasteiger partial charge in [-0.05, 0) is 19.1 Å². The minimum atomic E-state index is -0.449. The topological polar surface area (TPSA) is 81.5 Å². The van der Waals surface area contributed by atoms with E-state index < -0.39 is 4.92 Å². The Bertz CT molecular complexity index is 436. The minimum absolute atomic E-state index is 0.0431. The van der Waals surface area contributed by atoms with Crippen molar-refractivity contribution >= 4 is 23.4 Å². The Balaban J connectivity index is 2.49. The van der Waals surface area contributed by atoms with Gasteiger partial charge in [-0.1, -0.05) is 0 Å². The van der Waals surface area contributed by atoms with E-state index >= 15 is 0 Å². The highest BCUT2D eigenvalue weighted by Gasteiger charge is 2.14. The van der Waals surface area contributed by atoms with Gasteiger partial charge in [0.05, 0.1) is 16.8 Å². The lowest BCUT2D eigenvalue weighted by Gasteiger charge is -2.11. The number of carbonyl (C=O) groups is 1. The van der Waals surface area contributed by atoms with Crippen molar-refractivity contribution in [1.82, 2.24) is 5.32 Å². The fraction of sp³-hybridized carbons (Fsp3) is 0.417.